The van der Waals surface area contributed by atoms with Gasteiger partial charge in [-0.3, -0.25) is 19.5 Å². The second-order valence-corrected chi connectivity index (χ2v) is 7.29. The zero-order chi connectivity index (χ0) is 22.0. The first kappa shape index (κ1) is 20.3. The molecule has 156 valence electrons. The minimum Gasteiger partial charge on any atom is -0.467 e. The van der Waals surface area contributed by atoms with E-state index in [1.165, 1.54) is 48.3 Å². The van der Waals surface area contributed by atoms with Gasteiger partial charge in [0.2, 0.25) is 0 Å². The molecule has 1 aromatic carbocycles. The molecule has 10 nitrogen and oxygen atoms in total. The number of carbonyl (C=O) groups excluding carboxylic acids is 1. The van der Waals surface area contributed by atoms with E-state index in [-0.39, 0.29) is 28.5 Å². The van der Waals surface area contributed by atoms with E-state index in [1.807, 2.05) is 0 Å². The van der Waals surface area contributed by atoms with Crippen molar-refractivity contribution in [3.8, 4) is 0 Å². The molecule has 0 aliphatic carbocycles. The highest BCUT2D eigenvalue weighted by atomic mass is 32.2. The van der Waals surface area contributed by atoms with Crippen molar-refractivity contribution in [1.29, 1.82) is 0 Å². The molecule has 11 heteroatoms. The molecule has 0 amide bonds. The Labute approximate surface area is 178 Å². The number of esters is 1. The van der Waals surface area contributed by atoms with Gasteiger partial charge < -0.3 is 9.15 Å². The van der Waals surface area contributed by atoms with Crippen molar-refractivity contribution in [3.05, 3.63) is 86.7 Å². The van der Waals surface area contributed by atoms with Crippen LogP contribution in [0.15, 0.2) is 74.3 Å². The fourth-order valence-electron chi connectivity index (χ4n) is 2.86. The molecule has 0 N–H and O–H groups in total. The largest absolute Gasteiger partial charge is 0.467 e. The monoisotopic (exact) mass is 438 g/mol. The highest BCUT2D eigenvalue weighted by molar-refractivity contribution is 7.99. The molecule has 0 radical (unpaired) electrons. The minimum absolute atomic E-state index is 0.128. The van der Waals surface area contributed by atoms with Gasteiger partial charge in [0.05, 0.1) is 41.3 Å². The summed E-state index contributed by atoms with van der Waals surface area (Å²) >= 11 is 1.07. The molecular formula is C20H14N4O6S. The van der Waals surface area contributed by atoms with Gasteiger partial charge in [0.25, 0.3) is 11.2 Å². The van der Waals surface area contributed by atoms with Gasteiger partial charge in [0, 0.05) is 6.07 Å². The molecule has 0 unspecified atom stereocenters. The number of ether oxygens (including phenoxy) is 1. The van der Waals surface area contributed by atoms with Crippen molar-refractivity contribution < 1.29 is 18.9 Å². The van der Waals surface area contributed by atoms with Crippen molar-refractivity contribution in [1.82, 2.24) is 14.5 Å². The number of methoxy groups -OCH3 is 1. The van der Waals surface area contributed by atoms with Crippen LogP contribution in [0.4, 0.5) is 5.69 Å². The number of nitro groups is 1. The standard InChI is InChI=1S/C20H14N4O6S/c1-29-19(26)12-4-6-15-16(9-12)22-20(23(18(15)25)11-14-3-2-8-30-14)31-17-7-5-13(10-21-17)24(27)28/h2-10H,11H2,1H3. The molecule has 4 aromatic rings. The summed E-state index contributed by atoms with van der Waals surface area (Å²) in [5.41, 5.74) is 0.0943. The van der Waals surface area contributed by atoms with Crippen molar-refractivity contribution in [2.75, 3.05) is 7.11 Å². The first-order chi connectivity index (χ1) is 15.0. The maximum absolute atomic E-state index is 13.2. The minimum atomic E-state index is -0.547. The molecular weight excluding hydrogens is 424 g/mol. The summed E-state index contributed by atoms with van der Waals surface area (Å²) in [6.45, 7) is 0.128. The van der Waals surface area contributed by atoms with Crippen LogP contribution in [0.5, 0.6) is 0 Å². The van der Waals surface area contributed by atoms with Gasteiger partial charge >= 0.3 is 5.97 Å². The first-order valence-corrected chi connectivity index (χ1v) is 9.71. The van der Waals surface area contributed by atoms with Gasteiger partial charge in [0.1, 0.15) is 17.0 Å². The quantitative estimate of drug-likeness (QED) is 0.193. The van der Waals surface area contributed by atoms with Crippen LogP contribution in [0.2, 0.25) is 0 Å². The van der Waals surface area contributed by atoms with Gasteiger partial charge in [-0.1, -0.05) is 0 Å². The molecule has 31 heavy (non-hydrogen) atoms. The number of benzene rings is 1. The molecule has 3 heterocycles. The van der Waals surface area contributed by atoms with Gasteiger partial charge in [-0.25, -0.2) is 14.8 Å². The molecule has 0 saturated carbocycles. The third-order valence-corrected chi connectivity index (χ3v) is 5.31. The molecule has 0 fully saturated rings. The molecule has 0 atom stereocenters. The average molecular weight is 438 g/mol. The number of furan rings is 1. The van der Waals surface area contributed by atoms with Crippen LogP contribution in [0, 0.1) is 10.1 Å². The van der Waals surface area contributed by atoms with E-state index in [4.69, 9.17) is 9.15 Å². The zero-order valence-electron chi connectivity index (χ0n) is 16.0. The number of hydrogen-bond acceptors (Lipinski definition) is 9. The van der Waals surface area contributed by atoms with Crippen LogP contribution in [0.25, 0.3) is 10.9 Å². The van der Waals surface area contributed by atoms with Crippen LogP contribution >= 0.6 is 11.8 Å². The smallest absolute Gasteiger partial charge is 0.337 e. The van der Waals surface area contributed by atoms with E-state index in [9.17, 15) is 19.7 Å². The average Bonchev–Trinajstić information content (AvgIpc) is 3.29. The Kier molecular flexibility index (Phi) is 5.50. The number of carbonyl (C=O) groups is 1. The summed E-state index contributed by atoms with van der Waals surface area (Å²) in [4.78, 5) is 44.0. The zero-order valence-corrected chi connectivity index (χ0v) is 16.9. The van der Waals surface area contributed by atoms with Gasteiger partial charge in [-0.15, -0.1) is 0 Å². The fraction of sp³-hybridized carbons (Fsp3) is 0.100. The number of hydrogen-bond donors (Lipinski definition) is 0. The Morgan fingerprint density at radius 3 is 2.77 bits per heavy atom. The number of rotatable bonds is 6. The van der Waals surface area contributed by atoms with Crippen LogP contribution in [0.3, 0.4) is 0 Å². The highest BCUT2D eigenvalue weighted by Crippen LogP contribution is 2.27. The van der Waals surface area contributed by atoms with Gasteiger partial charge in [-0.05, 0) is 48.2 Å². The molecule has 4 rings (SSSR count). The van der Waals surface area contributed by atoms with Crippen molar-refractivity contribution in [3.63, 3.8) is 0 Å². The van der Waals surface area contributed by atoms with Crippen molar-refractivity contribution >= 4 is 34.3 Å². The topological polar surface area (TPSA) is 130 Å². The van der Waals surface area contributed by atoms with E-state index in [1.54, 1.807) is 12.1 Å². The fourth-order valence-corrected chi connectivity index (χ4v) is 3.69. The molecule has 0 saturated heterocycles. The summed E-state index contributed by atoms with van der Waals surface area (Å²) < 4.78 is 11.5. The van der Waals surface area contributed by atoms with Crippen LogP contribution in [-0.2, 0) is 11.3 Å². The second kappa shape index (κ2) is 8.40. The highest BCUT2D eigenvalue weighted by Gasteiger charge is 2.17. The van der Waals surface area contributed by atoms with Crippen molar-refractivity contribution in [2.45, 2.75) is 16.7 Å². The molecule has 0 bridgehead atoms. The Bertz CT molecular complexity index is 1330. The van der Waals surface area contributed by atoms with Crippen molar-refractivity contribution in [2.24, 2.45) is 0 Å². The summed E-state index contributed by atoms with van der Waals surface area (Å²) in [5.74, 6) is 0.00245. The second-order valence-electron chi connectivity index (χ2n) is 6.30. The summed E-state index contributed by atoms with van der Waals surface area (Å²) in [6, 6.07) is 10.7. The molecule has 0 aliphatic heterocycles. The number of aromatic nitrogens is 3. The lowest BCUT2D eigenvalue weighted by Crippen LogP contribution is -2.24. The van der Waals surface area contributed by atoms with Gasteiger partial charge in [-0.2, -0.15) is 0 Å². The van der Waals surface area contributed by atoms with Crippen LogP contribution in [-0.4, -0.2) is 32.5 Å². The Morgan fingerprint density at radius 1 is 1.29 bits per heavy atom. The SMILES string of the molecule is COC(=O)c1ccc2c(=O)n(Cc3ccco3)c(Sc3ccc([N+](=O)[O-])cn3)nc2c1. The number of nitrogens with zero attached hydrogens (tertiary/aromatic N) is 4. The predicted octanol–water partition coefficient (Wildman–Crippen LogP) is 3.28. The van der Waals surface area contributed by atoms with Crippen LogP contribution < -0.4 is 5.56 Å². The summed E-state index contributed by atoms with van der Waals surface area (Å²) in [7, 11) is 1.27. The van der Waals surface area contributed by atoms with Crippen LogP contribution in [0.1, 0.15) is 16.1 Å². The lowest BCUT2D eigenvalue weighted by atomic mass is 10.1. The number of fused-ring (bicyclic) bond motifs is 1. The Morgan fingerprint density at radius 2 is 2.13 bits per heavy atom. The third-order valence-electron chi connectivity index (χ3n) is 4.36. The lowest BCUT2D eigenvalue weighted by Gasteiger charge is -2.12. The maximum Gasteiger partial charge on any atom is 0.337 e. The Balaban J connectivity index is 1.83. The molecule has 0 aliphatic rings. The third kappa shape index (κ3) is 4.16. The van der Waals surface area contributed by atoms with E-state index >= 15 is 0 Å². The van der Waals surface area contributed by atoms with E-state index in [2.05, 4.69) is 9.97 Å². The number of pyridine rings is 1. The molecule has 0 spiro atoms. The first-order valence-electron chi connectivity index (χ1n) is 8.90. The summed E-state index contributed by atoms with van der Waals surface area (Å²) in [6.07, 6.45) is 2.63. The van der Waals surface area contributed by atoms with E-state index in [0.717, 1.165) is 18.0 Å². The predicted molar refractivity (Wildman–Crippen MR) is 110 cm³/mol. The van der Waals surface area contributed by atoms with E-state index in [0.29, 0.717) is 21.7 Å². The Hall–Kier alpha value is -3.99. The lowest BCUT2D eigenvalue weighted by molar-refractivity contribution is -0.385. The molecule has 3 aromatic heterocycles. The summed E-state index contributed by atoms with van der Waals surface area (Å²) in [5, 5.41) is 11.9. The normalized spacial score (nSPS) is 10.9. The van der Waals surface area contributed by atoms with E-state index < -0.39 is 10.9 Å². The maximum atomic E-state index is 13.2. The van der Waals surface area contributed by atoms with Gasteiger partial charge in [0.15, 0.2) is 5.16 Å².